The lowest BCUT2D eigenvalue weighted by atomic mass is 10.0. The van der Waals surface area contributed by atoms with Crippen LogP contribution in [0.2, 0.25) is 0 Å². The first kappa shape index (κ1) is 19.2. The third-order valence-electron chi connectivity index (χ3n) is 4.51. The van der Waals surface area contributed by atoms with Crippen molar-refractivity contribution in [2.45, 2.75) is 43.1 Å². The van der Waals surface area contributed by atoms with Crippen molar-refractivity contribution in [3.05, 3.63) is 42.5 Å². The van der Waals surface area contributed by atoms with Crippen LogP contribution in [0.1, 0.15) is 32.1 Å². The molecular weight excluding hydrogens is 364 g/mol. The van der Waals surface area contributed by atoms with E-state index in [0.29, 0.717) is 16.3 Å². The minimum Gasteiger partial charge on any atom is -0.494 e. The van der Waals surface area contributed by atoms with Gasteiger partial charge in [0.15, 0.2) is 5.88 Å². The van der Waals surface area contributed by atoms with Gasteiger partial charge in [-0.15, -0.1) is 11.8 Å². The molecule has 144 valence electrons. The minimum absolute atomic E-state index is 0.0153. The first-order valence-electron chi connectivity index (χ1n) is 8.99. The predicted molar refractivity (Wildman–Crippen MR) is 107 cm³/mol. The number of hydrogen-bond acceptors (Lipinski definition) is 5. The fourth-order valence-corrected chi connectivity index (χ4v) is 3.60. The van der Waals surface area contributed by atoms with E-state index in [-0.39, 0.29) is 17.9 Å². The van der Waals surface area contributed by atoms with Gasteiger partial charge in [-0.2, -0.15) is 0 Å². The van der Waals surface area contributed by atoms with Gasteiger partial charge >= 0.3 is 6.09 Å². The van der Waals surface area contributed by atoms with Gasteiger partial charge in [-0.05, 0) is 62.6 Å². The number of rotatable bonds is 4. The van der Waals surface area contributed by atoms with E-state index in [4.69, 9.17) is 4.74 Å². The lowest BCUT2D eigenvalue weighted by molar-refractivity contribution is 0.0985. The second kappa shape index (κ2) is 8.90. The van der Waals surface area contributed by atoms with Crippen molar-refractivity contribution in [3.8, 4) is 17.4 Å². The van der Waals surface area contributed by atoms with Crippen molar-refractivity contribution in [2.24, 2.45) is 0 Å². The van der Waals surface area contributed by atoms with Gasteiger partial charge in [0.2, 0.25) is 5.88 Å². The van der Waals surface area contributed by atoms with E-state index >= 15 is 0 Å². The van der Waals surface area contributed by atoms with Crippen molar-refractivity contribution in [2.75, 3.05) is 11.6 Å². The quantitative estimate of drug-likeness (QED) is 0.504. The lowest BCUT2D eigenvalue weighted by Crippen LogP contribution is -2.22. The van der Waals surface area contributed by atoms with Crippen molar-refractivity contribution in [1.82, 2.24) is 4.57 Å². The van der Waals surface area contributed by atoms with Crippen LogP contribution in [-0.2, 0) is 4.74 Å². The second-order valence-electron chi connectivity index (χ2n) is 6.41. The lowest BCUT2D eigenvalue weighted by Gasteiger charge is -2.18. The predicted octanol–water partition coefficient (Wildman–Crippen LogP) is 5.05. The SMILES string of the molecule is CSc1cc(O)n(-c2ccc(NC(=O)OC3CCC=CCCC3)cc2)c1O. The summed E-state index contributed by atoms with van der Waals surface area (Å²) in [6.45, 7) is 0. The van der Waals surface area contributed by atoms with Crippen molar-refractivity contribution in [1.29, 1.82) is 0 Å². The number of nitrogens with zero attached hydrogens (tertiary/aromatic N) is 1. The number of hydrogen-bond donors (Lipinski definition) is 3. The van der Waals surface area contributed by atoms with Crippen LogP contribution in [0.5, 0.6) is 11.8 Å². The van der Waals surface area contributed by atoms with E-state index in [1.54, 1.807) is 24.3 Å². The van der Waals surface area contributed by atoms with Crippen molar-refractivity contribution in [3.63, 3.8) is 0 Å². The van der Waals surface area contributed by atoms with Crippen LogP contribution < -0.4 is 5.32 Å². The van der Waals surface area contributed by atoms with Gasteiger partial charge < -0.3 is 14.9 Å². The molecule has 6 nitrogen and oxygen atoms in total. The maximum atomic E-state index is 12.1. The minimum atomic E-state index is -0.464. The average Bonchev–Trinajstić information content (AvgIpc) is 2.92. The molecule has 1 unspecified atom stereocenters. The van der Waals surface area contributed by atoms with Crippen LogP contribution in [0.4, 0.5) is 10.5 Å². The largest absolute Gasteiger partial charge is 0.494 e. The summed E-state index contributed by atoms with van der Waals surface area (Å²) in [5.41, 5.74) is 1.18. The fourth-order valence-electron chi connectivity index (χ4n) is 3.11. The topological polar surface area (TPSA) is 83.7 Å². The molecule has 3 N–H and O–H groups in total. The van der Waals surface area contributed by atoms with Gasteiger partial charge in [0.05, 0.1) is 10.6 Å². The zero-order valence-corrected chi connectivity index (χ0v) is 16.0. The Bertz CT molecular complexity index is 814. The molecule has 0 bridgehead atoms. The second-order valence-corrected chi connectivity index (χ2v) is 7.26. The molecular formula is C20H24N2O4S. The van der Waals surface area contributed by atoms with E-state index in [2.05, 4.69) is 17.5 Å². The summed E-state index contributed by atoms with van der Waals surface area (Å²) in [5, 5.41) is 23.0. The van der Waals surface area contributed by atoms with Gasteiger partial charge in [-0.3, -0.25) is 9.88 Å². The molecule has 1 aliphatic carbocycles. The van der Waals surface area contributed by atoms with Crippen molar-refractivity contribution >= 4 is 23.5 Å². The summed E-state index contributed by atoms with van der Waals surface area (Å²) in [5.74, 6) is -0.0613. The number of allylic oxidation sites excluding steroid dienone is 2. The van der Waals surface area contributed by atoms with E-state index in [1.165, 1.54) is 22.4 Å². The number of nitrogens with one attached hydrogen (secondary N) is 1. The standard InChI is InChI=1S/C20H24N2O4S/c1-27-17-13-18(23)22(19(17)24)15-11-9-14(10-12-15)21-20(25)26-16-7-5-3-2-4-6-8-16/h2-3,9-13,16,23-24H,4-8H2,1H3,(H,21,25). The van der Waals surface area contributed by atoms with E-state index in [0.717, 1.165) is 32.1 Å². The molecule has 1 aliphatic rings. The van der Waals surface area contributed by atoms with Gasteiger partial charge in [-0.25, -0.2) is 4.79 Å². The van der Waals surface area contributed by atoms with Gasteiger partial charge in [-0.1, -0.05) is 12.2 Å². The van der Waals surface area contributed by atoms with E-state index < -0.39 is 6.09 Å². The normalized spacial score (nSPS) is 17.1. The highest BCUT2D eigenvalue weighted by molar-refractivity contribution is 7.98. The maximum absolute atomic E-state index is 12.1. The number of aromatic hydroxyl groups is 2. The molecule has 0 spiro atoms. The van der Waals surface area contributed by atoms with Crippen LogP contribution >= 0.6 is 11.8 Å². The summed E-state index contributed by atoms with van der Waals surface area (Å²) in [6.07, 6.45) is 10.3. The Morgan fingerprint density at radius 3 is 2.63 bits per heavy atom. The van der Waals surface area contributed by atoms with Gasteiger partial charge in [0.1, 0.15) is 6.10 Å². The van der Waals surface area contributed by atoms with Crippen LogP contribution in [0.15, 0.2) is 47.4 Å². The Labute approximate surface area is 162 Å². The van der Waals surface area contributed by atoms with Gasteiger partial charge in [0, 0.05) is 11.8 Å². The molecule has 1 atom stereocenters. The average molecular weight is 388 g/mol. The molecule has 1 aromatic heterocycles. The molecule has 0 aliphatic heterocycles. The zero-order valence-electron chi connectivity index (χ0n) is 15.2. The first-order chi connectivity index (χ1) is 13.1. The Hall–Kier alpha value is -2.54. The zero-order chi connectivity index (χ0) is 19.2. The number of benzene rings is 1. The molecule has 1 aromatic carbocycles. The maximum Gasteiger partial charge on any atom is 0.411 e. The van der Waals surface area contributed by atoms with Crippen LogP contribution in [0.25, 0.3) is 5.69 Å². The molecule has 1 amide bonds. The molecule has 0 saturated heterocycles. The summed E-state index contributed by atoms with van der Waals surface area (Å²) in [4.78, 5) is 12.7. The number of amides is 1. The summed E-state index contributed by atoms with van der Waals surface area (Å²) in [6, 6.07) is 8.33. The molecule has 1 heterocycles. The fraction of sp³-hybridized carbons (Fsp3) is 0.350. The Morgan fingerprint density at radius 2 is 1.93 bits per heavy atom. The van der Waals surface area contributed by atoms with Crippen LogP contribution in [0.3, 0.4) is 0 Å². The summed E-state index contributed by atoms with van der Waals surface area (Å²) in [7, 11) is 0. The number of thioether (sulfide) groups is 1. The summed E-state index contributed by atoms with van der Waals surface area (Å²) < 4.78 is 6.87. The number of aromatic nitrogens is 1. The number of anilines is 1. The van der Waals surface area contributed by atoms with Crippen LogP contribution in [0, 0.1) is 0 Å². The van der Waals surface area contributed by atoms with Crippen LogP contribution in [-0.4, -0.2) is 33.2 Å². The third-order valence-corrected chi connectivity index (χ3v) is 5.25. The van der Waals surface area contributed by atoms with Gasteiger partial charge in [0.25, 0.3) is 0 Å². The Kier molecular flexibility index (Phi) is 6.34. The number of carbonyl (C=O) groups excluding carboxylic acids is 1. The highest BCUT2D eigenvalue weighted by Gasteiger charge is 2.16. The first-order valence-corrected chi connectivity index (χ1v) is 10.2. The Balaban J connectivity index is 1.63. The third kappa shape index (κ3) is 4.80. The molecule has 0 radical (unpaired) electrons. The van der Waals surface area contributed by atoms with E-state index in [1.807, 2.05) is 6.26 Å². The highest BCUT2D eigenvalue weighted by Crippen LogP contribution is 2.36. The Morgan fingerprint density at radius 1 is 1.19 bits per heavy atom. The molecule has 3 rings (SSSR count). The molecule has 0 fully saturated rings. The highest BCUT2D eigenvalue weighted by atomic mass is 32.2. The summed E-state index contributed by atoms with van der Waals surface area (Å²) >= 11 is 1.35. The number of carbonyl (C=O) groups is 1. The number of ether oxygens (including phenoxy) is 1. The molecule has 2 aromatic rings. The smallest absolute Gasteiger partial charge is 0.411 e. The molecule has 0 saturated carbocycles. The molecule has 7 heteroatoms. The molecule has 27 heavy (non-hydrogen) atoms. The monoisotopic (exact) mass is 388 g/mol. The van der Waals surface area contributed by atoms with Crippen molar-refractivity contribution < 1.29 is 19.7 Å². The van der Waals surface area contributed by atoms with E-state index in [9.17, 15) is 15.0 Å².